The van der Waals surface area contributed by atoms with Gasteiger partial charge in [0, 0.05) is 10.9 Å². The van der Waals surface area contributed by atoms with Gasteiger partial charge in [-0.15, -0.1) is 0 Å². The molecule has 0 aliphatic carbocycles. The molecular formula is C4H11BrN2. The third kappa shape index (κ3) is 6.40. The lowest BCUT2D eigenvalue weighted by molar-refractivity contribution is 0.620. The predicted molar refractivity (Wildman–Crippen MR) is 35.2 cm³/mol. The number of alkyl halides is 1. The van der Waals surface area contributed by atoms with Crippen molar-refractivity contribution in [3.8, 4) is 0 Å². The molecule has 0 saturated heterocycles. The normalized spacial score (nSPS) is 12.0. The van der Waals surface area contributed by atoms with Gasteiger partial charge in [0.1, 0.15) is 0 Å². The first-order valence-corrected chi connectivity index (χ1v) is 2.98. The van der Waals surface area contributed by atoms with Crippen molar-refractivity contribution in [1.82, 2.24) is 5.43 Å². The molecule has 0 aromatic rings. The monoisotopic (exact) mass is 166 g/mol. The summed E-state index contributed by atoms with van der Waals surface area (Å²) < 4.78 is 0.127. The van der Waals surface area contributed by atoms with Crippen molar-refractivity contribution in [2.75, 3.05) is 6.54 Å². The fourth-order valence-electron chi connectivity index (χ4n) is 0.243. The summed E-state index contributed by atoms with van der Waals surface area (Å²) >= 11 is 3.40. The Morgan fingerprint density at radius 3 is 2.14 bits per heavy atom. The van der Waals surface area contributed by atoms with Crippen LogP contribution in [-0.4, -0.2) is 10.9 Å². The van der Waals surface area contributed by atoms with E-state index in [4.69, 9.17) is 5.84 Å². The van der Waals surface area contributed by atoms with Gasteiger partial charge in [-0.05, 0) is 13.8 Å². The quantitative estimate of drug-likeness (QED) is 0.359. The second kappa shape index (κ2) is 2.64. The van der Waals surface area contributed by atoms with E-state index in [1.807, 2.05) is 13.8 Å². The first-order valence-electron chi connectivity index (χ1n) is 2.18. The van der Waals surface area contributed by atoms with E-state index in [1.165, 1.54) is 0 Å². The number of hydrazine groups is 1. The summed E-state index contributed by atoms with van der Waals surface area (Å²) in [6.45, 7) is 4.88. The SMILES string of the molecule is CC(C)(Br)CNN. The molecule has 0 spiro atoms. The minimum Gasteiger partial charge on any atom is -0.271 e. The Labute approximate surface area is 52.6 Å². The number of nitrogens with two attached hydrogens (primary N) is 1. The van der Waals surface area contributed by atoms with Crippen molar-refractivity contribution in [2.45, 2.75) is 18.2 Å². The van der Waals surface area contributed by atoms with E-state index >= 15 is 0 Å². The Balaban J connectivity index is 3.15. The first kappa shape index (κ1) is 7.40. The van der Waals surface area contributed by atoms with Gasteiger partial charge in [-0.2, -0.15) is 0 Å². The maximum absolute atomic E-state index is 5.03. The molecule has 0 amide bonds. The van der Waals surface area contributed by atoms with Gasteiger partial charge in [-0.25, -0.2) is 0 Å². The van der Waals surface area contributed by atoms with Crippen LogP contribution in [0.2, 0.25) is 0 Å². The summed E-state index contributed by atoms with van der Waals surface area (Å²) in [5, 5.41) is 0. The van der Waals surface area contributed by atoms with E-state index in [0.717, 1.165) is 6.54 Å². The highest BCUT2D eigenvalue weighted by molar-refractivity contribution is 9.10. The van der Waals surface area contributed by atoms with Gasteiger partial charge in [0.2, 0.25) is 0 Å². The van der Waals surface area contributed by atoms with E-state index in [0.29, 0.717) is 0 Å². The van der Waals surface area contributed by atoms with Crippen molar-refractivity contribution in [1.29, 1.82) is 0 Å². The molecule has 0 saturated carbocycles. The van der Waals surface area contributed by atoms with Crippen molar-refractivity contribution < 1.29 is 0 Å². The number of rotatable bonds is 2. The molecule has 3 heteroatoms. The van der Waals surface area contributed by atoms with E-state index < -0.39 is 0 Å². The first-order chi connectivity index (χ1) is 3.06. The topological polar surface area (TPSA) is 38.0 Å². The maximum atomic E-state index is 5.03. The Morgan fingerprint density at radius 1 is 1.71 bits per heavy atom. The molecule has 0 bridgehead atoms. The molecule has 7 heavy (non-hydrogen) atoms. The maximum Gasteiger partial charge on any atom is 0.0339 e. The molecular weight excluding hydrogens is 156 g/mol. The van der Waals surface area contributed by atoms with Crippen LogP contribution >= 0.6 is 15.9 Å². The van der Waals surface area contributed by atoms with E-state index in [-0.39, 0.29) is 4.32 Å². The van der Waals surface area contributed by atoms with E-state index in [1.54, 1.807) is 0 Å². The molecule has 0 aliphatic rings. The highest BCUT2D eigenvalue weighted by Gasteiger charge is 2.09. The summed E-state index contributed by atoms with van der Waals surface area (Å²) in [5.41, 5.74) is 2.56. The van der Waals surface area contributed by atoms with Gasteiger partial charge in [0.25, 0.3) is 0 Å². The molecule has 0 unspecified atom stereocenters. The fourth-order valence-corrected chi connectivity index (χ4v) is 0.405. The van der Waals surface area contributed by atoms with Gasteiger partial charge in [0.15, 0.2) is 0 Å². The van der Waals surface area contributed by atoms with E-state index in [2.05, 4.69) is 21.4 Å². The van der Waals surface area contributed by atoms with Gasteiger partial charge in [-0.1, -0.05) is 15.9 Å². The average Bonchev–Trinajstić information content (AvgIpc) is 1.30. The van der Waals surface area contributed by atoms with Gasteiger partial charge >= 0.3 is 0 Å². The van der Waals surface area contributed by atoms with Gasteiger partial charge in [-0.3, -0.25) is 11.3 Å². The van der Waals surface area contributed by atoms with Gasteiger partial charge < -0.3 is 0 Å². The van der Waals surface area contributed by atoms with Crippen LogP contribution in [-0.2, 0) is 0 Å². The number of nitrogens with one attached hydrogen (secondary N) is 1. The third-order valence-corrected chi connectivity index (χ3v) is 0.803. The van der Waals surface area contributed by atoms with Crippen molar-refractivity contribution in [3.05, 3.63) is 0 Å². The summed E-state index contributed by atoms with van der Waals surface area (Å²) in [5.74, 6) is 5.03. The fraction of sp³-hybridized carbons (Fsp3) is 1.00. The molecule has 0 rings (SSSR count). The molecule has 0 atom stereocenters. The molecule has 0 aliphatic heterocycles. The Kier molecular flexibility index (Phi) is 2.80. The van der Waals surface area contributed by atoms with Crippen molar-refractivity contribution in [3.63, 3.8) is 0 Å². The Hall–Kier alpha value is 0.400. The van der Waals surface area contributed by atoms with Crippen LogP contribution in [0.25, 0.3) is 0 Å². The van der Waals surface area contributed by atoms with Crippen LogP contribution in [0, 0.1) is 0 Å². The molecule has 0 radical (unpaired) electrons. The Bertz CT molecular complexity index is 48.1. The van der Waals surface area contributed by atoms with Crippen LogP contribution in [0.15, 0.2) is 0 Å². The zero-order valence-corrected chi connectivity index (χ0v) is 6.25. The van der Waals surface area contributed by atoms with Crippen molar-refractivity contribution >= 4 is 15.9 Å². The molecule has 0 heterocycles. The van der Waals surface area contributed by atoms with Crippen LogP contribution in [0.1, 0.15) is 13.8 Å². The van der Waals surface area contributed by atoms with Crippen molar-refractivity contribution in [2.24, 2.45) is 5.84 Å². The lowest BCUT2D eigenvalue weighted by Gasteiger charge is -2.13. The molecule has 44 valence electrons. The molecule has 2 nitrogen and oxygen atoms in total. The number of hydrogen-bond donors (Lipinski definition) is 2. The third-order valence-electron chi connectivity index (χ3n) is 0.522. The second-order valence-corrected chi connectivity index (χ2v) is 4.25. The highest BCUT2D eigenvalue weighted by atomic mass is 79.9. The predicted octanol–water partition coefficient (Wildman–Crippen LogP) is 0.623. The Morgan fingerprint density at radius 2 is 2.14 bits per heavy atom. The minimum atomic E-state index is 0.127. The molecule has 0 fully saturated rings. The lowest BCUT2D eigenvalue weighted by atomic mass is 10.2. The van der Waals surface area contributed by atoms with Crippen LogP contribution < -0.4 is 11.3 Å². The second-order valence-electron chi connectivity index (χ2n) is 2.10. The largest absolute Gasteiger partial charge is 0.271 e. The smallest absolute Gasteiger partial charge is 0.0339 e. The number of hydrogen-bond acceptors (Lipinski definition) is 2. The van der Waals surface area contributed by atoms with Crippen LogP contribution in [0.3, 0.4) is 0 Å². The average molecular weight is 167 g/mol. The molecule has 0 aromatic carbocycles. The highest BCUT2D eigenvalue weighted by Crippen LogP contribution is 2.12. The minimum absolute atomic E-state index is 0.127. The summed E-state index contributed by atoms with van der Waals surface area (Å²) in [4.78, 5) is 0. The standard InChI is InChI=1S/C4H11BrN2/c1-4(2,5)3-7-6/h7H,3,6H2,1-2H3. The van der Waals surface area contributed by atoms with Gasteiger partial charge in [0.05, 0.1) is 0 Å². The van der Waals surface area contributed by atoms with E-state index in [9.17, 15) is 0 Å². The molecule has 3 N–H and O–H groups in total. The summed E-state index contributed by atoms with van der Waals surface area (Å²) in [6, 6.07) is 0. The zero-order chi connectivity index (χ0) is 5.91. The van der Waals surface area contributed by atoms with Crippen LogP contribution in [0.5, 0.6) is 0 Å². The lowest BCUT2D eigenvalue weighted by Crippen LogP contribution is -2.34. The summed E-state index contributed by atoms with van der Waals surface area (Å²) in [7, 11) is 0. The number of halogens is 1. The zero-order valence-electron chi connectivity index (χ0n) is 4.66. The van der Waals surface area contributed by atoms with Crippen LogP contribution in [0.4, 0.5) is 0 Å². The summed E-state index contributed by atoms with van der Waals surface area (Å²) in [6.07, 6.45) is 0. The molecule has 0 aromatic heterocycles.